The Balaban J connectivity index is 1.58. The van der Waals surface area contributed by atoms with Gasteiger partial charge in [-0.2, -0.15) is 0 Å². The first-order chi connectivity index (χ1) is 14.6. The molecule has 0 unspecified atom stereocenters. The van der Waals surface area contributed by atoms with Gasteiger partial charge in [0.2, 0.25) is 0 Å². The zero-order valence-corrected chi connectivity index (χ0v) is 18.3. The molecule has 2 aromatic rings. The van der Waals surface area contributed by atoms with Crippen LogP contribution in [0.4, 0.5) is 5.69 Å². The van der Waals surface area contributed by atoms with Crippen molar-refractivity contribution < 1.29 is 4.79 Å². The molecule has 0 bridgehead atoms. The number of aliphatic imine (C=N–C) groups is 1. The maximum Gasteiger partial charge on any atom is 0.253 e. The average molecular weight is 408 g/mol. The Morgan fingerprint density at radius 3 is 2.43 bits per heavy atom. The molecule has 6 nitrogen and oxygen atoms in total. The Labute approximate surface area is 180 Å². The number of benzene rings is 2. The summed E-state index contributed by atoms with van der Waals surface area (Å²) in [7, 11) is 3.55. The smallest absolute Gasteiger partial charge is 0.253 e. The summed E-state index contributed by atoms with van der Waals surface area (Å²) >= 11 is 0. The Bertz CT molecular complexity index is 842. The van der Waals surface area contributed by atoms with Gasteiger partial charge in [0.05, 0.1) is 0 Å². The molecule has 2 aromatic carbocycles. The summed E-state index contributed by atoms with van der Waals surface area (Å²) in [6.07, 6.45) is 0.813. The van der Waals surface area contributed by atoms with Crippen molar-refractivity contribution in [2.75, 3.05) is 58.3 Å². The highest BCUT2D eigenvalue weighted by Gasteiger charge is 2.19. The molecular weight excluding hydrogens is 374 g/mol. The van der Waals surface area contributed by atoms with E-state index in [0.29, 0.717) is 6.54 Å². The molecule has 0 radical (unpaired) electrons. The number of anilines is 1. The van der Waals surface area contributed by atoms with Crippen molar-refractivity contribution in [3.05, 3.63) is 65.7 Å². The maximum absolute atomic E-state index is 12.2. The highest BCUT2D eigenvalue weighted by molar-refractivity contribution is 5.94. The first kappa shape index (κ1) is 21.7. The van der Waals surface area contributed by atoms with E-state index in [-0.39, 0.29) is 5.91 Å². The molecule has 1 fully saturated rings. The van der Waals surface area contributed by atoms with Crippen molar-refractivity contribution in [2.24, 2.45) is 4.99 Å². The van der Waals surface area contributed by atoms with E-state index in [0.717, 1.165) is 56.2 Å². The zero-order chi connectivity index (χ0) is 21.3. The first-order valence-electron chi connectivity index (χ1n) is 10.7. The molecule has 1 amide bonds. The van der Waals surface area contributed by atoms with E-state index in [2.05, 4.69) is 58.4 Å². The van der Waals surface area contributed by atoms with Gasteiger partial charge in [-0.15, -0.1) is 0 Å². The summed E-state index contributed by atoms with van der Waals surface area (Å²) in [5, 5.41) is 3.43. The second-order valence-electron chi connectivity index (χ2n) is 7.70. The van der Waals surface area contributed by atoms with E-state index in [1.807, 2.05) is 18.2 Å². The number of carbonyl (C=O) groups excluding carboxylic acids is 1. The number of nitrogens with one attached hydrogen (secondary N) is 1. The molecule has 3 rings (SSSR count). The number of nitrogens with zero attached hydrogens (tertiary/aromatic N) is 4. The summed E-state index contributed by atoms with van der Waals surface area (Å²) in [5.41, 5.74) is 3.15. The lowest BCUT2D eigenvalue weighted by Gasteiger charge is -2.37. The van der Waals surface area contributed by atoms with Crippen LogP contribution in [0.3, 0.4) is 0 Å². The molecule has 0 atom stereocenters. The summed E-state index contributed by atoms with van der Waals surface area (Å²) < 4.78 is 0. The number of rotatable bonds is 6. The van der Waals surface area contributed by atoms with Crippen molar-refractivity contribution in [1.29, 1.82) is 0 Å². The molecule has 160 valence electrons. The molecule has 0 aromatic heterocycles. The normalized spacial score (nSPS) is 14.6. The van der Waals surface area contributed by atoms with Gasteiger partial charge in [0.25, 0.3) is 5.91 Å². The van der Waals surface area contributed by atoms with E-state index in [1.54, 1.807) is 19.0 Å². The van der Waals surface area contributed by atoms with Crippen LogP contribution in [0.25, 0.3) is 0 Å². The minimum atomic E-state index is 0.0324. The summed E-state index contributed by atoms with van der Waals surface area (Å²) in [6, 6.07) is 18.4. The molecule has 1 N–H and O–H groups in total. The Morgan fingerprint density at radius 1 is 1.03 bits per heavy atom. The number of hydrogen-bond acceptors (Lipinski definition) is 3. The molecule has 6 heteroatoms. The predicted octanol–water partition coefficient (Wildman–Crippen LogP) is 2.72. The van der Waals surface area contributed by atoms with Gasteiger partial charge in [-0.1, -0.05) is 30.3 Å². The molecule has 0 saturated carbocycles. The quantitative estimate of drug-likeness (QED) is 0.591. The van der Waals surface area contributed by atoms with Gasteiger partial charge in [0.1, 0.15) is 0 Å². The van der Waals surface area contributed by atoms with Crippen LogP contribution < -0.4 is 10.2 Å². The molecule has 30 heavy (non-hydrogen) atoms. The van der Waals surface area contributed by atoms with Crippen molar-refractivity contribution in [3.8, 4) is 0 Å². The lowest BCUT2D eigenvalue weighted by atomic mass is 10.1. The third-order valence-corrected chi connectivity index (χ3v) is 5.28. The number of hydrogen-bond donors (Lipinski definition) is 1. The van der Waals surface area contributed by atoms with Gasteiger partial charge < -0.3 is 20.0 Å². The van der Waals surface area contributed by atoms with Crippen LogP contribution in [-0.2, 0) is 6.42 Å². The third kappa shape index (κ3) is 5.75. The Morgan fingerprint density at radius 2 is 1.77 bits per heavy atom. The largest absolute Gasteiger partial charge is 0.368 e. The monoisotopic (exact) mass is 407 g/mol. The van der Waals surface area contributed by atoms with Gasteiger partial charge in [-0.3, -0.25) is 9.79 Å². The fourth-order valence-electron chi connectivity index (χ4n) is 3.65. The summed E-state index contributed by atoms with van der Waals surface area (Å²) in [4.78, 5) is 23.4. The fraction of sp³-hybridized carbons (Fsp3) is 0.417. The predicted molar refractivity (Wildman–Crippen MR) is 124 cm³/mol. The SMILES string of the molecule is CCNC(=NCCc1cccc(C(=O)N(C)C)c1)N1CCN(c2ccccc2)CC1. The molecular formula is C24H33N5O. The number of para-hydroxylation sites is 1. The van der Waals surface area contributed by atoms with Crippen molar-refractivity contribution in [1.82, 2.24) is 15.1 Å². The molecule has 1 aliphatic rings. The van der Waals surface area contributed by atoms with Crippen molar-refractivity contribution >= 4 is 17.6 Å². The van der Waals surface area contributed by atoms with Gasteiger partial charge in [-0.25, -0.2) is 0 Å². The van der Waals surface area contributed by atoms with Crippen molar-refractivity contribution in [3.63, 3.8) is 0 Å². The average Bonchev–Trinajstić information content (AvgIpc) is 2.79. The van der Waals surface area contributed by atoms with Gasteiger partial charge in [0, 0.05) is 64.6 Å². The lowest BCUT2D eigenvalue weighted by Crippen LogP contribution is -2.52. The topological polar surface area (TPSA) is 51.2 Å². The second-order valence-corrected chi connectivity index (χ2v) is 7.70. The van der Waals surface area contributed by atoms with E-state index in [1.165, 1.54) is 5.69 Å². The van der Waals surface area contributed by atoms with Crippen LogP contribution in [0, 0.1) is 0 Å². The van der Waals surface area contributed by atoms with Gasteiger partial charge in [0.15, 0.2) is 5.96 Å². The van der Waals surface area contributed by atoms with E-state index in [4.69, 9.17) is 4.99 Å². The summed E-state index contributed by atoms with van der Waals surface area (Å²) in [6.45, 7) is 7.53. The zero-order valence-electron chi connectivity index (χ0n) is 18.3. The van der Waals surface area contributed by atoms with Crippen LogP contribution >= 0.6 is 0 Å². The molecule has 1 saturated heterocycles. The molecule has 1 aliphatic heterocycles. The first-order valence-corrected chi connectivity index (χ1v) is 10.7. The van der Waals surface area contributed by atoms with Crippen LogP contribution in [0.2, 0.25) is 0 Å². The summed E-state index contributed by atoms with van der Waals surface area (Å²) in [5.74, 6) is 1.01. The van der Waals surface area contributed by atoms with Crippen molar-refractivity contribution in [2.45, 2.75) is 13.3 Å². The Hall–Kier alpha value is -3.02. The minimum absolute atomic E-state index is 0.0324. The van der Waals surface area contributed by atoms with E-state index < -0.39 is 0 Å². The fourth-order valence-corrected chi connectivity index (χ4v) is 3.65. The molecule has 0 spiro atoms. The van der Waals surface area contributed by atoms with Gasteiger partial charge >= 0.3 is 0 Å². The van der Waals surface area contributed by atoms with Crippen LogP contribution in [-0.4, -0.2) is 75.0 Å². The Kier molecular flexibility index (Phi) is 7.71. The van der Waals surface area contributed by atoms with E-state index >= 15 is 0 Å². The van der Waals surface area contributed by atoms with E-state index in [9.17, 15) is 4.79 Å². The molecule has 1 heterocycles. The standard InChI is InChI=1S/C24H33N5O/c1-4-25-24(29-17-15-28(16-18-29)22-11-6-5-7-12-22)26-14-13-20-9-8-10-21(19-20)23(30)27(2)3/h5-12,19H,4,13-18H2,1-3H3,(H,25,26). The minimum Gasteiger partial charge on any atom is -0.368 e. The lowest BCUT2D eigenvalue weighted by molar-refractivity contribution is 0.0827. The highest BCUT2D eigenvalue weighted by Crippen LogP contribution is 2.15. The maximum atomic E-state index is 12.2. The highest BCUT2D eigenvalue weighted by atomic mass is 16.2. The van der Waals surface area contributed by atoms with Gasteiger partial charge in [-0.05, 0) is 43.2 Å². The second kappa shape index (κ2) is 10.7. The molecule has 0 aliphatic carbocycles. The number of piperazine rings is 1. The number of carbonyl (C=O) groups is 1. The van der Waals surface area contributed by atoms with Crippen LogP contribution in [0.15, 0.2) is 59.6 Å². The number of amides is 1. The van der Waals surface area contributed by atoms with Crippen LogP contribution in [0.1, 0.15) is 22.8 Å². The number of guanidine groups is 1. The van der Waals surface area contributed by atoms with Crippen LogP contribution in [0.5, 0.6) is 0 Å². The third-order valence-electron chi connectivity index (χ3n) is 5.28.